The highest BCUT2D eigenvalue weighted by molar-refractivity contribution is 5.59. The molecule has 7 nitrogen and oxygen atoms in total. The molecule has 0 radical (unpaired) electrons. The number of hydrogen-bond donors (Lipinski definition) is 2. The van der Waals surface area contributed by atoms with Gasteiger partial charge >= 0.3 is 5.69 Å². The van der Waals surface area contributed by atoms with Crippen molar-refractivity contribution in [2.75, 3.05) is 18.4 Å². The number of nitrogens with one attached hydrogen (secondary N) is 2. The van der Waals surface area contributed by atoms with E-state index in [9.17, 15) is 10.1 Å². The molecule has 0 amide bonds. The maximum atomic E-state index is 11.2. The van der Waals surface area contributed by atoms with Crippen LogP contribution in [0.3, 0.4) is 0 Å². The Labute approximate surface area is 118 Å². The third kappa shape index (κ3) is 3.27. The van der Waals surface area contributed by atoms with Crippen molar-refractivity contribution in [2.45, 2.75) is 52.1 Å². The zero-order valence-electron chi connectivity index (χ0n) is 12.2. The zero-order chi connectivity index (χ0) is 14.5. The summed E-state index contributed by atoms with van der Waals surface area (Å²) >= 11 is 0. The van der Waals surface area contributed by atoms with Gasteiger partial charge in [0, 0.05) is 19.1 Å². The maximum absolute atomic E-state index is 11.2. The number of anilines is 1. The summed E-state index contributed by atoms with van der Waals surface area (Å²) in [4.78, 5) is 10.8. The zero-order valence-corrected chi connectivity index (χ0v) is 12.2. The molecule has 0 aromatic carbocycles. The predicted molar refractivity (Wildman–Crippen MR) is 78.0 cm³/mol. The van der Waals surface area contributed by atoms with E-state index in [1.165, 1.54) is 12.8 Å². The van der Waals surface area contributed by atoms with Gasteiger partial charge in [-0.1, -0.05) is 6.92 Å². The van der Waals surface area contributed by atoms with Crippen LogP contribution in [0.5, 0.6) is 0 Å². The van der Waals surface area contributed by atoms with E-state index in [1.807, 2.05) is 6.92 Å². The molecule has 2 N–H and O–H groups in total. The van der Waals surface area contributed by atoms with Crippen molar-refractivity contribution < 1.29 is 4.92 Å². The number of rotatable bonds is 7. The highest BCUT2D eigenvalue weighted by atomic mass is 16.6. The Morgan fingerprint density at radius 3 is 3.00 bits per heavy atom. The van der Waals surface area contributed by atoms with Gasteiger partial charge in [0.05, 0.1) is 4.92 Å². The van der Waals surface area contributed by atoms with E-state index >= 15 is 0 Å². The van der Waals surface area contributed by atoms with Crippen molar-refractivity contribution in [3.05, 3.63) is 15.8 Å². The first-order valence-corrected chi connectivity index (χ1v) is 7.32. The van der Waals surface area contributed by atoms with Crippen molar-refractivity contribution in [1.29, 1.82) is 0 Å². The molecule has 2 heterocycles. The van der Waals surface area contributed by atoms with Crippen LogP contribution in [0.25, 0.3) is 0 Å². The van der Waals surface area contributed by atoms with Gasteiger partial charge in [-0.05, 0) is 39.2 Å². The molecule has 112 valence electrons. The molecule has 1 aliphatic heterocycles. The molecule has 7 heteroatoms. The van der Waals surface area contributed by atoms with E-state index in [2.05, 4.69) is 15.7 Å². The number of hydrogen-bond acceptors (Lipinski definition) is 5. The summed E-state index contributed by atoms with van der Waals surface area (Å²) in [6.07, 6.45) is 4.29. The average Bonchev–Trinajstić information content (AvgIpc) is 2.99. The highest BCUT2D eigenvalue weighted by Crippen LogP contribution is 2.28. The standard InChI is InChI=1S/C13H23N5O2/c1-3-9-17-13(12(18(19)20)10(2)16-17)15-8-6-11-5-4-7-14-11/h11,14-15H,3-9H2,1-2H3/t11-/m0/s1. The van der Waals surface area contributed by atoms with Gasteiger partial charge in [-0.25, -0.2) is 4.68 Å². The molecule has 1 atom stereocenters. The molecule has 20 heavy (non-hydrogen) atoms. The van der Waals surface area contributed by atoms with Crippen LogP contribution in [0, 0.1) is 17.0 Å². The van der Waals surface area contributed by atoms with Crippen LogP contribution >= 0.6 is 0 Å². The van der Waals surface area contributed by atoms with Gasteiger partial charge in [-0.3, -0.25) is 10.1 Å². The maximum Gasteiger partial charge on any atom is 0.333 e. The molecule has 1 fully saturated rings. The largest absolute Gasteiger partial charge is 0.364 e. The molecule has 0 aliphatic carbocycles. The summed E-state index contributed by atoms with van der Waals surface area (Å²) in [5.74, 6) is 0.548. The second-order valence-electron chi connectivity index (χ2n) is 5.27. The second kappa shape index (κ2) is 6.69. The normalized spacial score (nSPS) is 18.4. The van der Waals surface area contributed by atoms with E-state index in [-0.39, 0.29) is 10.6 Å². The Hall–Kier alpha value is -1.63. The molecule has 1 aromatic heterocycles. The predicted octanol–water partition coefficient (Wildman–Crippen LogP) is 2.06. The number of nitrogens with zero attached hydrogens (tertiary/aromatic N) is 3. The van der Waals surface area contributed by atoms with Crippen LogP contribution in [0.4, 0.5) is 11.5 Å². The lowest BCUT2D eigenvalue weighted by Gasteiger charge is -2.12. The molecule has 0 saturated carbocycles. The Bertz CT molecular complexity index is 466. The first kappa shape index (κ1) is 14.8. The van der Waals surface area contributed by atoms with E-state index in [1.54, 1.807) is 11.6 Å². The second-order valence-corrected chi connectivity index (χ2v) is 5.27. The van der Waals surface area contributed by atoms with Gasteiger partial charge in [-0.15, -0.1) is 0 Å². The summed E-state index contributed by atoms with van der Waals surface area (Å²) in [5, 5.41) is 22.1. The van der Waals surface area contributed by atoms with Gasteiger partial charge in [0.2, 0.25) is 5.82 Å². The van der Waals surface area contributed by atoms with Crippen molar-refractivity contribution in [3.8, 4) is 0 Å². The SMILES string of the molecule is CCCn1nc(C)c([N+](=O)[O-])c1NCC[C@@H]1CCCN1. The number of nitro groups is 1. The smallest absolute Gasteiger partial charge is 0.333 e. The lowest BCUT2D eigenvalue weighted by atomic mass is 10.1. The Balaban J connectivity index is 2.04. The monoisotopic (exact) mass is 281 g/mol. The third-order valence-corrected chi connectivity index (χ3v) is 3.66. The fourth-order valence-electron chi connectivity index (χ4n) is 2.71. The Morgan fingerprint density at radius 2 is 2.40 bits per heavy atom. The van der Waals surface area contributed by atoms with E-state index in [0.29, 0.717) is 24.1 Å². The Morgan fingerprint density at radius 1 is 1.60 bits per heavy atom. The lowest BCUT2D eigenvalue weighted by molar-refractivity contribution is -0.384. The third-order valence-electron chi connectivity index (χ3n) is 3.66. The van der Waals surface area contributed by atoms with Crippen molar-refractivity contribution in [1.82, 2.24) is 15.1 Å². The quantitative estimate of drug-likeness (QED) is 0.590. The molecule has 1 aromatic rings. The molecule has 2 rings (SSSR count). The van der Waals surface area contributed by atoms with Crippen molar-refractivity contribution in [2.24, 2.45) is 0 Å². The van der Waals surface area contributed by atoms with Crippen LogP contribution < -0.4 is 10.6 Å². The summed E-state index contributed by atoms with van der Waals surface area (Å²) in [7, 11) is 0. The van der Waals surface area contributed by atoms with Gasteiger partial charge in [0.15, 0.2) is 0 Å². The van der Waals surface area contributed by atoms with Crippen molar-refractivity contribution >= 4 is 11.5 Å². The van der Waals surface area contributed by atoms with Crippen molar-refractivity contribution in [3.63, 3.8) is 0 Å². The lowest BCUT2D eigenvalue weighted by Crippen LogP contribution is -2.24. The Kier molecular flexibility index (Phi) is 4.94. The van der Waals surface area contributed by atoms with Gasteiger partial charge in [0.1, 0.15) is 5.69 Å². The summed E-state index contributed by atoms with van der Waals surface area (Å²) in [6, 6.07) is 0.533. The van der Waals surface area contributed by atoms with Crippen LogP contribution in [0.15, 0.2) is 0 Å². The minimum absolute atomic E-state index is 0.109. The number of aromatic nitrogens is 2. The molecule has 1 aliphatic rings. The summed E-state index contributed by atoms with van der Waals surface area (Å²) in [5.41, 5.74) is 0.586. The minimum Gasteiger partial charge on any atom is -0.364 e. The van der Waals surface area contributed by atoms with Crippen LogP contribution in [-0.2, 0) is 6.54 Å². The van der Waals surface area contributed by atoms with Gasteiger partial charge in [-0.2, -0.15) is 5.10 Å². The number of aryl methyl sites for hydroxylation is 2. The molecule has 1 saturated heterocycles. The molecule has 0 unspecified atom stereocenters. The van der Waals surface area contributed by atoms with E-state index < -0.39 is 0 Å². The fraction of sp³-hybridized carbons (Fsp3) is 0.769. The average molecular weight is 281 g/mol. The topological polar surface area (TPSA) is 85.0 Å². The fourth-order valence-corrected chi connectivity index (χ4v) is 2.71. The minimum atomic E-state index is -0.343. The first-order chi connectivity index (χ1) is 9.63. The molecule has 0 spiro atoms. The highest BCUT2D eigenvalue weighted by Gasteiger charge is 2.25. The van der Waals surface area contributed by atoms with E-state index in [0.717, 1.165) is 25.9 Å². The van der Waals surface area contributed by atoms with Crippen LogP contribution in [0.2, 0.25) is 0 Å². The molecular formula is C13H23N5O2. The first-order valence-electron chi connectivity index (χ1n) is 7.32. The molecular weight excluding hydrogens is 258 g/mol. The summed E-state index contributed by atoms with van der Waals surface area (Å²) < 4.78 is 1.72. The van der Waals surface area contributed by atoms with Gasteiger partial charge in [0.25, 0.3) is 0 Å². The van der Waals surface area contributed by atoms with Crippen LogP contribution in [-0.4, -0.2) is 33.8 Å². The van der Waals surface area contributed by atoms with Gasteiger partial charge < -0.3 is 10.6 Å². The van der Waals surface area contributed by atoms with Crippen LogP contribution in [0.1, 0.15) is 38.3 Å². The molecule has 0 bridgehead atoms. The van der Waals surface area contributed by atoms with E-state index in [4.69, 9.17) is 0 Å². The summed E-state index contributed by atoms with van der Waals surface area (Å²) in [6.45, 7) is 6.23.